The molecule has 0 aliphatic carbocycles. The fraction of sp³-hybridized carbons (Fsp3) is 0.727. The lowest BCUT2D eigenvalue weighted by Crippen LogP contribution is -2.12. The molecule has 0 atom stereocenters. The van der Waals surface area contributed by atoms with E-state index in [1.807, 2.05) is 20.8 Å². The highest BCUT2D eigenvalue weighted by Crippen LogP contribution is 2.21. The van der Waals surface area contributed by atoms with Crippen molar-refractivity contribution in [3.63, 3.8) is 0 Å². The summed E-state index contributed by atoms with van der Waals surface area (Å²) >= 11 is 0. The maximum atomic E-state index is 11.4. The van der Waals surface area contributed by atoms with Crippen LogP contribution in [0.2, 0.25) is 0 Å². The van der Waals surface area contributed by atoms with Crippen LogP contribution >= 0.6 is 10.7 Å². The lowest BCUT2D eigenvalue weighted by atomic mass is 10.2. The van der Waals surface area contributed by atoms with E-state index in [-0.39, 0.29) is 11.5 Å². The number of aromatic nitrogens is 2. The van der Waals surface area contributed by atoms with E-state index in [0.29, 0.717) is 24.8 Å². The van der Waals surface area contributed by atoms with Gasteiger partial charge in [0.05, 0.1) is 18.5 Å². The van der Waals surface area contributed by atoms with Gasteiger partial charge in [-0.2, -0.15) is 5.10 Å². The monoisotopic (exact) mass is 294 g/mol. The third-order valence-corrected chi connectivity index (χ3v) is 3.66. The van der Waals surface area contributed by atoms with Crippen molar-refractivity contribution in [2.45, 2.75) is 45.2 Å². The number of hydrogen-bond donors (Lipinski definition) is 0. The summed E-state index contributed by atoms with van der Waals surface area (Å²) in [4.78, 5) is 0.0425. The first-order chi connectivity index (χ1) is 8.36. The van der Waals surface area contributed by atoms with E-state index in [1.54, 1.807) is 4.68 Å². The fourth-order valence-electron chi connectivity index (χ4n) is 1.56. The van der Waals surface area contributed by atoms with Gasteiger partial charge in [0.15, 0.2) is 0 Å². The minimum atomic E-state index is -3.78. The Kier molecular flexibility index (Phi) is 5.62. The van der Waals surface area contributed by atoms with Crippen molar-refractivity contribution in [2.75, 3.05) is 6.61 Å². The summed E-state index contributed by atoms with van der Waals surface area (Å²) in [5.74, 6) is 0.362. The Bertz CT molecular complexity index is 482. The molecular formula is C11H19ClN2O3S. The van der Waals surface area contributed by atoms with Gasteiger partial charge in [-0.1, -0.05) is 20.8 Å². The summed E-state index contributed by atoms with van der Waals surface area (Å²) in [6.07, 6.45) is 2.16. The Labute approximate surface area is 113 Å². The van der Waals surface area contributed by atoms with Crippen molar-refractivity contribution in [3.05, 3.63) is 11.9 Å². The van der Waals surface area contributed by atoms with E-state index in [1.165, 1.54) is 6.20 Å². The van der Waals surface area contributed by atoms with E-state index >= 15 is 0 Å². The minimum Gasteiger partial charge on any atom is -0.375 e. The number of hydrogen-bond acceptors (Lipinski definition) is 4. The lowest BCUT2D eigenvalue weighted by Gasteiger charge is -2.11. The number of ether oxygens (including phenoxy) is 1. The van der Waals surface area contributed by atoms with Crippen LogP contribution in [0, 0.1) is 5.92 Å². The van der Waals surface area contributed by atoms with Crippen molar-refractivity contribution < 1.29 is 13.2 Å². The standard InChI is InChI=1S/C11H19ClN2O3S/c1-4-5-17-8-10-11(18(12,15)16)6-13-14(10)7-9(2)3/h6,9H,4-5,7-8H2,1-3H3. The first kappa shape index (κ1) is 15.5. The molecule has 0 saturated carbocycles. The maximum absolute atomic E-state index is 11.4. The van der Waals surface area contributed by atoms with Gasteiger partial charge in [-0.25, -0.2) is 8.42 Å². The number of halogens is 1. The lowest BCUT2D eigenvalue weighted by molar-refractivity contribution is 0.113. The SMILES string of the molecule is CCCOCc1c(S(=O)(=O)Cl)cnn1CC(C)C. The van der Waals surface area contributed by atoms with Gasteiger partial charge in [-0.3, -0.25) is 4.68 Å². The smallest absolute Gasteiger partial charge is 0.264 e. The Morgan fingerprint density at radius 1 is 1.50 bits per heavy atom. The summed E-state index contributed by atoms with van der Waals surface area (Å²) in [7, 11) is 1.61. The largest absolute Gasteiger partial charge is 0.375 e. The summed E-state index contributed by atoms with van der Waals surface area (Å²) in [6, 6.07) is 0. The molecule has 0 aliphatic rings. The molecule has 0 spiro atoms. The quantitative estimate of drug-likeness (QED) is 0.572. The average molecular weight is 295 g/mol. The van der Waals surface area contributed by atoms with Gasteiger partial charge in [0.25, 0.3) is 9.05 Å². The zero-order valence-electron chi connectivity index (χ0n) is 10.9. The van der Waals surface area contributed by atoms with Crippen molar-refractivity contribution in [3.8, 4) is 0 Å². The van der Waals surface area contributed by atoms with Crippen LogP contribution in [0.1, 0.15) is 32.9 Å². The fourth-order valence-corrected chi connectivity index (χ4v) is 2.56. The molecule has 1 aromatic heterocycles. The zero-order valence-corrected chi connectivity index (χ0v) is 12.5. The Morgan fingerprint density at radius 3 is 2.67 bits per heavy atom. The first-order valence-electron chi connectivity index (χ1n) is 5.93. The molecule has 104 valence electrons. The maximum Gasteiger partial charge on any atom is 0.264 e. The second kappa shape index (κ2) is 6.54. The third-order valence-electron chi connectivity index (χ3n) is 2.30. The van der Waals surface area contributed by atoms with Gasteiger partial charge in [-0.05, 0) is 12.3 Å². The van der Waals surface area contributed by atoms with E-state index in [9.17, 15) is 8.42 Å². The van der Waals surface area contributed by atoms with Gasteiger partial charge in [0, 0.05) is 23.8 Å². The van der Waals surface area contributed by atoms with E-state index in [4.69, 9.17) is 15.4 Å². The van der Waals surface area contributed by atoms with Gasteiger partial charge < -0.3 is 4.74 Å². The summed E-state index contributed by atoms with van der Waals surface area (Å²) in [6.45, 7) is 7.48. The van der Waals surface area contributed by atoms with E-state index < -0.39 is 9.05 Å². The average Bonchev–Trinajstić information content (AvgIpc) is 2.60. The molecule has 1 aromatic rings. The van der Waals surface area contributed by atoms with Crippen LogP contribution < -0.4 is 0 Å². The van der Waals surface area contributed by atoms with Gasteiger partial charge in [-0.15, -0.1) is 0 Å². The Hall–Kier alpha value is -0.590. The first-order valence-corrected chi connectivity index (χ1v) is 8.24. The molecule has 0 bridgehead atoms. The molecule has 0 unspecified atom stereocenters. The topological polar surface area (TPSA) is 61.2 Å². The summed E-state index contributed by atoms with van der Waals surface area (Å²) < 4.78 is 29.9. The zero-order chi connectivity index (χ0) is 13.8. The highest BCUT2D eigenvalue weighted by atomic mass is 35.7. The van der Waals surface area contributed by atoms with Crippen LogP contribution in [0.4, 0.5) is 0 Å². The number of rotatable bonds is 7. The second-order valence-electron chi connectivity index (χ2n) is 4.52. The predicted molar refractivity (Wildman–Crippen MR) is 70.1 cm³/mol. The van der Waals surface area contributed by atoms with Crippen LogP contribution in [0.15, 0.2) is 11.1 Å². The van der Waals surface area contributed by atoms with E-state index in [2.05, 4.69) is 5.10 Å². The van der Waals surface area contributed by atoms with Gasteiger partial charge in [0.1, 0.15) is 4.90 Å². The molecule has 1 heterocycles. The second-order valence-corrected chi connectivity index (χ2v) is 7.06. The molecule has 0 saturated heterocycles. The van der Waals surface area contributed by atoms with Crippen LogP contribution in [-0.4, -0.2) is 24.8 Å². The normalized spacial score (nSPS) is 12.3. The molecule has 0 N–H and O–H groups in total. The molecule has 18 heavy (non-hydrogen) atoms. The van der Waals surface area contributed by atoms with Crippen molar-refractivity contribution in [1.29, 1.82) is 0 Å². The predicted octanol–water partition coefficient (Wildman–Crippen LogP) is 2.39. The molecule has 0 aliphatic heterocycles. The molecule has 5 nitrogen and oxygen atoms in total. The highest BCUT2D eigenvalue weighted by Gasteiger charge is 2.21. The minimum absolute atomic E-state index is 0.0425. The van der Waals surface area contributed by atoms with Gasteiger partial charge in [0.2, 0.25) is 0 Å². The Balaban J connectivity index is 3.01. The molecule has 7 heteroatoms. The van der Waals surface area contributed by atoms with Crippen LogP contribution in [0.5, 0.6) is 0 Å². The van der Waals surface area contributed by atoms with E-state index in [0.717, 1.165) is 6.42 Å². The van der Waals surface area contributed by atoms with Crippen LogP contribution in [0.25, 0.3) is 0 Å². The van der Waals surface area contributed by atoms with Crippen molar-refractivity contribution >= 4 is 19.7 Å². The van der Waals surface area contributed by atoms with Crippen molar-refractivity contribution in [1.82, 2.24) is 9.78 Å². The van der Waals surface area contributed by atoms with Crippen LogP contribution in [-0.2, 0) is 26.9 Å². The third kappa shape index (κ3) is 4.26. The van der Waals surface area contributed by atoms with Crippen molar-refractivity contribution in [2.24, 2.45) is 5.92 Å². The molecule has 0 aromatic carbocycles. The summed E-state index contributed by atoms with van der Waals surface area (Å²) in [5.41, 5.74) is 0.521. The number of nitrogens with zero attached hydrogens (tertiary/aromatic N) is 2. The molecule has 0 amide bonds. The Morgan fingerprint density at radius 2 is 2.17 bits per heavy atom. The molecular weight excluding hydrogens is 276 g/mol. The van der Waals surface area contributed by atoms with Crippen LogP contribution in [0.3, 0.4) is 0 Å². The molecule has 0 fully saturated rings. The summed E-state index contributed by atoms with van der Waals surface area (Å²) in [5, 5.41) is 4.07. The molecule has 1 rings (SSSR count). The van der Waals surface area contributed by atoms with Gasteiger partial charge >= 0.3 is 0 Å². The highest BCUT2D eigenvalue weighted by molar-refractivity contribution is 8.13. The molecule has 0 radical (unpaired) electrons.